The first kappa shape index (κ1) is 15.9. The maximum absolute atomic E-state index is 10.3. The molecule has 1 N–H and O–H groups in total. The normalized spacial score (nSPS) is 23.2. The molecule has 124 valence electrons. The number of rotatable bonds is 6. The molecule has 0 bridgehead atoms. The molecule has 6 nitrogen and oxygen atoms in total. The van der Waals surface area contributed by atoms with Crippen molar-refractivity contribution in [2.75, 3.05) is 32.7 Å². The van der Waals surface area contributed by atoms with Crippen LogP contribution in [0.1, 0.15) is 43.8 Å². The summed E-state index contributed by atoms with van der Waals surface area (Å²) < 4.78 is 5.18. The lowest BCUT2D eigenvalue weighted by atomic mass is 10.00. The number of piperazine rings is 1. The quantitative estimate of drug-likeness (QED) is 0.858. The number of aliphatic hydroxyl groups excluding tert-OH is 1. The summed E-state index contributed by atoms with van der Waals surface area (Å²) in [6, 6.07) is 0. The first-order chi connectivity index (χ1) is 10.7. The molecule has 0 spiro atoms. The van der Waals surface area contributed by atoms with Crippen LogP contribution in [-0.4, -0.2) is 63.9 Å². The Morgan fingerprint density at radius 1 is 1.18 bits per heavy atom. The molecule has 1 aliphatic carbocycles. The molecule has 0 unspecified atom stereocenters. The van der Waals surface area contributed by atoms with Crippen LogP contribution < -0.4 is 0 Å². The molecule has 1 aromatic rings. The van der Waals surface area contributed by atoms with Gasteiger partial charge in [-0.2, -0.15) is 4.98 Å². The molecule has 1 aromatic heterocycles. The Morgan fingerprint density at radius 2 is 1.86 bits per heavy atom. The van der Waals surface area contributed by atoms with Gasteiger partial charge in [0.2, 0.25) is 5.89 Å². The highest BCUT2D eigenvalue weighted by Gasteiger charge is 2.23. The Labute approximate surface area is 132 Å². The molecule has 22 heavy (non-hydrogen) atoms. The summed E-state index contributed by atoms with van der Waals surface area (Å²) in [4.78, 5) is 8.98. The van der Waals surface area contributed by atoms with Crippen molar-refractivity contribution in [3.05, 3.63) is 11.7 Å². The smallest absolute Gasteiger partial charge is 0.240 e. The summed E-state index contributed by atoms with van der Waals surface area (Å²) in [7, 11) is 0. The van der Waals surface area contributed by atoms with Gasteiger partial charge in [0, 0.05) is 32.7 Å². The van der Waals surface area contributed by atoms with Gasteiger partial charge in [0.1, 0.15) is 0 Å². The summed E-state index contributed by atoms with van der Waals surface area (Å²) in [5.41, 5.74) is 0. The minimum atomic E-state index is -0.159. The summed E-state index contributed by atoms with van der Waals surface area (Å²) in [6.45, 7) is 7.42. The molecule has 1 atom stereocenters. The van der Waals surface area contributed by atoms with E-state index in [9.17, 15) is 5.11 Å². The SMILES string of the molecule is Cc1noc(CN2CCN(C[C@@H](O)CC3CCCC3)CC2)n1. The number of aromatic nitrogens is 2. The van der Waals surface area contributed by atoms with Crippen LogP contribution >= 0.6 is 0 Å². The third-order valence-electron chi connectivity index (χ3n) is 4.94. The fraction of sp³-hybridized carbons (Fsp3) is 0.875. The molecule has 2 fully saturated rings. The van der Waals surface area contributed by atoms with E-state index in [-0.39, 0.29) is 6.10 Å². The molecule has 0 amide bonds. The molecule has 0 radical (unpaired) electrons. The van der Waals surface area contributed by atoms with Gasteiger partial charge in [0.15, 0.2) is 5.82 Å². The second kappa shape index (κ2) is 7.53. The maximum Gasteiger partial charge on any atom is 0.240 e. The monoisotopic (exact) mass is 308 g/mol. The average molecular weight is 308 g/mol. The Morgan fingerprint density at radius 3 is 2.50 bits per heavy atom. The fourth-order valence-corrected chi connectivity index (χ4v) is 3.73. The summed E-state index contributed by atoms with van der Waals surface area (Å²) >= 11 is 0. The van der Waals surface area contributed by atoms with Crippen LogP contribution in [-0.2, 0) is 6.54 Å². The van der Waals surface area contributed by atoms with E-state index in [2.05, 4.69) is 19.9 Å². The van der Waals surface area contributed by atoms with Gasteiger partial charge >= 0.3 is 0 Å². The van der Waals surface area contributed by atoms with Crippen molar-refractivity contribution >= 4 is 0 Å². The van der Waals surface area contributed by atoms with Gasteiger partial charge in [0.05, 0.1) is 12.6 Å². The Balaban J connectivity index is 1.36. The van der Waals surface area contributed by atoms with Gasteiger partial charge in [-0.05, 0) is 19.3 Å². The topological polar surface area (TPSA) is 65.6 Å². The lowest BCUT2D eigenvalue weighted by Crippen LogP contribution is -2.48. The minimum Gasteiger partial charge on any atom is -0.392 e. The van der Waals surface area contributed by atoms with E-state index in [0.29, 0.717) is 11.7 Å². The van der Waals surface area contributed by atoms with E-state index in [0.717, 1.165) is 51.6 Å². The van der Waals surface area contributed by atoms with Crippen LogP contribution in [0.2, 0.25) is 0 Å². The third-order valence-corrected chi connectivity index (χ3v) is 4.94. The van der Waals surface area contributed by atoms with Gasteiger partial charge in [-0.1, -0.05) is 30.8 Å². The zero-order valence-electron chi connectivity index (χ0n) is 13.6. The van der Waals surface area contributed by atoms with Crippen molar-refractivity contribution in [2.45, 2.75) is 51.7 Å². The molecule has 6 heteroatoms. The van der Waals surface area contributed by atoms with Crippen LogP contribution in [0.4, 0.5) is 0 Å². The van der Waals surface area contributed by atoms with Crippen LogP contribution in [0.3, 0.4) is 0 Å². The molecule has 1 saturated heterocycles. The second-order valence-corrected chi connectivity index (χ2v) is 6.85. The van der Waals surface area contributed by atoms with Crippen molar-refractivity contribution in [1.29, 1.82) is 0 Å². The van der Waals surface area contributed by atoms with Crippen LogP contribution in [0.5, 0.6) is 0 Å². The minimum absolute atomic E-state index is 0.159. The summed E-state index contributed by atoms with van der Waals surface area (Å²) in [5, 5.41) is 14.1. The van der Waals surface area contributed by atoms with Crippen molar-refractivity contribution in [3.63, 3.8) is 0 Å². The molecular formula is C16H28N4O2. The van der Waals surface area contributed by atoms with Gasteiger partial charge in [-0.15, -0.1) is 0 Å². The van der Waals surface area contributed by atoms with E-state index < -0.39 is 0 Å². The van der Waals surface area contributed by atoms with Gasteiger partial charge < -0.3 is 9.63 Å². The van der Waals surface area contributed by atoms with Crippen molar-refractivity contribution < 1.29 is 9.63 Å². The largest absolute Gasteiger partial charge is 0.392 e. The fourth-order valence-electron chi connectivity index (χ4n) is 3.73. The average Bonchev–Trinajstić information content (AvgIpc) is 3.13. The molecule has 2 aliphatic rings. The Bertz CT molecular complexity index is 451. The number of β-amino-alcohol motifs (C(OH)–C–C–N with tert-alkyl or cyclic N) is 1. The van der Waals surface area contributed by atoms with E-state index in [1.54, 1.807) is 0 Å². The number of hydrogen-bond donors (Lipinski definition) is 1. The maximum atomic E-state index is 10.3. The summed E-state index contributed by atoms with van der Waals surface area (Å²) in [6.07, 6.45) is 6.16. The number of aryl methyl sites for hydroxylation is 1. The first-order valence-corrected chi connectivity index (χ1v) is 8.61. The zero-order chi connectivity index (χ0) is 15.4. The lowest BCUT2D eigenvalue weighted by molar-refractivity contribution is 0.0556. The molecule has 3 rings (SSSR count). The highest BCUT2D eigenvalue weighted by atomic mass is 16.5. The summed E-state index contributed by atoms with van der Waals surface area (Å²) in [5.74, 6) is 2.16. The number of nitrogens with zero attached hydrogens (tertiary/aromatic N) is 4. The molecule has 2 heterocycles. The van der Waals surface area contributed by atoms with E-state index in [4.69, 9.17) is 4.52 Å². The van der Waals surface area contributed by atoms with Crippen LogP contribution in [0.15, 0.2) is 4.52 Å². The molecule has 0 aromatic carbocycles. The van der Waals surface area contributed by atoms with Gasteiger partial charge in [-0.25, -0.2) is 0 Å². The Kier molecular flexibility index (Phi) is 5.44. The predicted molar refractivity (Wildman–Crippen MR) is 83.3 cm³/mol. The van der Waals surface area contributed by atoms with E-state index in [1.807, 2.05) is 6.92 Å². The van der Waals surface area contributed by atoms with Crippen LogP contribution in [0.25, 0.3) is 0 Å². The van der Waals surface area contributed by atoms with E-state index in [1.165, 1.54) is 25.7 Å². The van der Waals surface area contributed by atoms with Gasteiger partial charge in [0.25, 0.3) is 0 Å². The Hall–Kier alpha value is -0.980. The highest BCUT2D eigenvalue weighted by Crippen LogP contribution is 2.28. The van der Waals surface area contributed by atoms with Crippen molar-refractivity contribution in [3.8, 4) is 0 Å². The molecular weight excluding hydrogens is 280 g/mol. The number of hydrogen-bond acceptors (Lipinski definition) is 6. The first-order valence-electron chi connectivity index (χ1n) is 8.61. The van der Waals surface area contributed by atoms with Crippen molar-refractivity contribution in [2.24, 2.45) is 5.92 Å². The molecule has 1 saturated carbocycles. The van der Waals surface area contributed by atoms with Gasteiger partial charge in [-0.3, -0.25) is 9.80 Å². The standard InChI is InChI=1S/C16H28N4O2/c1-13-17-16(22-18-13)12-20-8-6-19(7-9-20)11-15(21)10-14-4-2-3-5-14/h14-15,21H,2-12H2,1H3/t15-/m0/s1. The van der Waals surface area contributed by atoms with Crippen molar-refractivity contribution in [1.82, 2.24) is 19.9 Å². The third kappa shape index (κ3) is 4.51. The zero-order valence-corrected chi connectivity index (χ0v) is 13.6. The lowest BCUT2D eigenvalue weighted by Gasteiger charge is -2.35. The number of aliphatic hydroxyl groups is 1. The molecule has 1 aliphatic heterocycles. The predicted octanol–water partition coefficient (Wildman–Crippen LogP) is 1.44. The van der Waals surface area contributed by atoms with Crippen LogP contribution in [0, 0.1) is 12.8 Å². The van der Waals surface area contributed by atoms with E-state index >= 15 is 0 Å². The second-order valence-electron chi connectivity index (χ2n) is 6.85. The highest BCUT2D eigenvalue weighted by molar-refractivity contribution is 4.85.